The van der Waals surface area contributed by atoms with Crippen LogP contribution in [0.4, 0.5) is 4.79 Å². The lowest BCUT2D eigenvalue weighted by atomic mass is 9.93. The number of hydrogen-bond acceptors (Lipinski definition) is 3. The van der Waals surface area contributed by atoms with Crippen molar-refractivity contribution >= 4 is 6.03 Å². The Bertz CT molecular complexity index is 563. The van der Waals surface area contributed by atoms with E-state index in [1.807, 2.05) is 18.1 Å². The number of hydrogen-bond donors (Lipinski definition) is 1. The minimum Gasteiger partial charge on any atom is -0.334 e. The van der Waals surface area contributed by atoms with Crippen LogP contribution in [0.3, 0.4) is 0 Å². The molecular formula is C17H27N5O. The molecule has 23 heavy (non-hydrogen) atoms. The monoisotopic (exact) mass is 317 g/mol. The standard InChI is InChI=1S/C17H27N5O/c1-20-12-14(11-19-20)10-18-17(23)22-6-4-21(5-7-22)16-9-13-2-3-15(16)8-13/h11-13,15-16H,2-10H2,1H3,(H,18,23)/t13-,15-,16+/m0/s1. The first-order valence-corrected chi connectivity index (χ1v) is 8.93. The number of carbonyl (C=O) groups excluding carboxylic acids is 1. The van der Waals surface area contributed by atoms with Gasteiger partial charge in [-0.15, -0.1) is 0 Å². The number of carbonyl (C=O) groups is 1. The van der Waals surface area contributed by atoms with Crippen molar-refractivity contribution in [1.29, 1.82) is 0 Å². The van der Waals surface area contributed by atoms with E-state index in [1.54, 1.807) is 10.9 Å². The fraction of sp³-hybridized carbons (Fsp3) is 0.765. The Hall–Kier alpha value is -1.56. The van der Waals surface area contributed by atoms with Gasteiger partial charge in [0.15, 0.2) is 0 Å². The van der Waals surface area contributed by atoms with Gasteiger partial charge < -0.3 is 10.2 Å². The molecule has 0 radical (unpaired) electrons. The van der Waals surface area contributed by atoms with Crippen molar-refractivity contribution in [2.75, 3.05) is 26.2 Å². The number of nitrogens with one attached hydrogen (secondary N) is 1. The van der Waals surface area contributed by atoms with E-state index in [0.29, 0.717) is 6.54 Å². The highest BCUT2D eigenvalue weighted by atomic mass is 16.2. The summed E-state index contributed by atoms with van der Waals surface area (Å²) in [6.07, 6.45) is 9.48. The Balaban J connectivity index is 1.23. The lowest BCUT2D eigenvalue weighted by Gasteiger charge is -2.40. The Kier molecular flexibility index (Phi) is 4.01. The summed E-state index contributed by atoms with van der Waals surface area (Å²) in [4.78, 5) is 16.9. The number of aryl methyl sites for hydroxylation is 1. The first-order valence-electron chi connectivity index (χ1n) is 8.93. The van der Waals surface area contributed by atoms with E-state index in [-0.39, 0.29) is 6.03 Å². The topological polar surface area (TPSA) is 53.4 Å². The van der Waals surface area contributed by atoms with Gasteiger partial charge in [0.2, 0.25) is 0 Å². The molecule has 2 heterocycles. The molecular weight excluding hydrogens is 290 g/mol. The second-order valence-corrected chi connectivity index (χ2v) is 7.45. The van der Waals surface area contributed by atoms with Gasteiger partial charge in [0.05, 0.1) is 6.20 Å². The molecule has 0 unspecified atom stereocenters. The summed E-state index contributed by atoms with van der Waals surface area (Å²) in [5.41, 5.74) is 1.04. The van der Waals surface area contributed by atoms with Crippen molar-refractivity contribution in [2.45, 2.75) is 38.3 Å². The summed E-state index contributed by atoms with van der Waals surface area (Å²) in [5, 5.41) is 7.13. The highest BCUT2D eigenvalue weighted by Gasteiger charge is 2.42. The number of nitrogens with zero attached hydrogens (tertiary/aromatic N) is 4. The van der Waals surface area contributed by atoms with E-state index in [4.69, 9.17) is 0 Å². The number of urea groups is 1. The summed E-state index contributed by atoms with van der Waals surface area (Å²) in [6.45, 7) is 4.33. The first kappa shape index (κ1) is 15.0. The van der Waals surface area contributed by atoms with Crippen LogP contribution in [0.2, 0.25) is 0 Å². The third kappa shape index (κ3) is 3.09. The van der Waals surface area contributed by atoms with Gasteiger partial charge in [-0.05, 0) is 31.1 Å². The molecule has 0 aromatic carbocycles. The maximum Gasteiger partial charge on any atom is 0.317 e. The number of piperazine rings is 1. The normalized spacial score (nSPS) is 30.8. The molecule has 1 aliphatic heterocycles. The average Bonchev–Trinajstić information content (AvgIpc) is 3.29. The molecule has 4 rings (SSSR count). The number of fused-ring (bicyclic) bond motifs is 2. The predicted molar refractivity (Wildman–Crippen MR) is 87.8 cm³/mol. The molecule has 3 fully saturated rings. The quantitative estimate of drug-likeness (QED) is 0.918. The summed E-state index contributed by atoms with van der Waals surface area (Å²) < 4.78 is 1.76. The van der Waals surface area contributed by atoms with Gasteiger partial charge in [-0.25, -0.2) is 4.79 Å². The molecule has 6 nitrogen and oxygen atoms in total. The Morgan fingerprint density at radius 1 is 1.26 bits per heavy atom. The van der Waals surface area contributed by atoms with Gasteiger partial charge in [-0.2, -0.15) is 5.10 Å². The number of amides is 2. The van der Waals surface area contributed by atoms with Gasteiger partial charge >= 0.3 is 6.03 Å². The summed E-state index contributed by atoms with van der Waals surface area (Å²) in [6, 6.07) is 0.857. The minimum atomic E-state index is 0.0569. The molecule has 1 N–H and O–H groups in total. The zero-order valence-corrected chi connectivity index (χ0v) is 13.9. The number of aromatic nitrogens is 2. The lowest BCUT2D eigenvalue weighted by molar-refractivity contribution is 0.0826. The third-order valence-electron chi connectivity index (χ3n) is 5.97. The Labute approximate surface area is 137 Å². The smallest absolute Gasteiger partial charge is 0.317 e. The molecule has 3 aliphatic rings. The van der Waals surface area contributed by atoms with Crippen LogP contribution < -0.4 is 5.32 Å². The molecule has 3 atom stereocenters. The summed E-state index contributed by atoms with van der Waals surface area (Å²) in [7, 11) is 1.89. The van der Waals surface area contributed by atoms with Crippen LogP contribution in [-0.4, -0.2) is 57.8 Å². The van der Waals surface area contributed by atoms with Crippen LogP contribution in [0.5, 0.6) is 0 Å². The minimum absolute atomic E-state index is 0.0569. The van der Waals surface area contributed by atoms with E-state index in [9.17, 15) is 4.79 Å². The van der Waals surface area contributed by atoms with E-state index in [2.05, 4.69) is 15.3 Å². The molecule has 2 bridgehead atoms. The highest BCUT2D eigenvalue weighted by molar-refractivity contribution is 5.74. The van der Waals surface area contributed by atoms with Crippen LogP contribution in [0, 0.1) is 11.8 Å². The average molecular weight is 317 g/mol. The van der Waals surface area contributed by atoms with E-state index in [1.165, 1.54) is 25.7 Å². The Morgan fingerprint density at radius 2 is 2.09 bits per heavy atom. The molecule has 2 amide bonds. The third-order valence-corrected chi connectivity index (χ3v) is 5.97. The summed E-state index contributed by atoms with van der Waals surface area (Å²) in [5.74, 6) is 1.93. The van der Waals surface area contributed by atoms with Gasteiger partial charge in [-0.3, -0.25) is 9.58 Å². The van der Waals surface area contributed by atoms with Crippen molar-refractivity contribution in [3.8, 4) is 0 Å². The molecule has 2 saturated carbocycles. The van der Waals surface area contributed by atoms with Crippen LogP contribution in [-0.2, 0) is 13.6 Å². The summed E-state index contributed by atoms with van der Waals surface area (Å²) >= 11 is 0. The van der Waals surface area contributed by atoms with Crippen molar-refractivity contribution in [1.82, 2.24) is 24.9 Å². The van der Waals surface area contributed by atoms with E-state index in [0.717, 1.165) is 49.6 Å². The SMILES string of the molecule is Cn1cc(CNC(=O)N2CCN([C@@H]3C[C@H]4CC[C@H]3C4)CC2)cn1. The van der Waals surface area contributed by atoms with Gasteiger partial charge in [0.25, 0.3) is 0 Å². The van der Waals surface area contributed by atoms with Crippen LogP contribution in [0.25, 0.3) is 0 Å². The molecule has 2 aliphatic carbocycles. The van der Waals surface area contributed by atoms with Crippen molar-refractivity contribution in [2.24, 2.45) is 18.9 Å². The molecule has 1 saturated heterocycles. The maximum absolute atomic E-state index is 12.3. The zero-order valence-electron chi connectivity index (χ0n) is 13.9. The van der Waals surface area contributed by atoms with E-state index >= 15 is 0 Å². The molecule has 6 heteroatoms. The zero-order chi connectivity index (χ0) is 15.8. The molecule has 1 aromatic heterocycles. The van der Waals surface area contributed by atoms with Gasteiger partial charge in [0, 0.05) is 57.6 Å². The van der Waals surface area contributed by atoms with Gasteiger partial charge in [0.1, 0.15) is 0 Å². The maximum atomic E-state index is 12.3. The lowest BCUT2D eigenvalue weighted by Crippen LogP contribution is -2.55. The van der Waals surface area contributed by atoms with E-state index < -0.39 is 0 Å². The van der Waals surface area contributed by atoms with Gasteiger partial charge in [-0.1, -0.05) is 6.42 Å². The largest absolute Gasteiger partial charge is 0.334 e. The van der Waals surface area contributed by atoms with Crippen LogP contribution >= 0.6 is 0 Å². The van der Waals surface area contributed by atoms with Crippen molar-refractivity contribution in [3.05, 3.63) is 18.0 Å². The molecule has 126 valence electrons. The first-order chi connectivity index (χ1) is 11.2. The Morgan fingerprint density at radius 3 is 2.70 bits per heavy atom. The van der Waals surface area contributed by atoms with Crippen LogP contribution in [0.15, 0.2) is 12.4 Å². The van der Waals surface area contributed by atoms with Crippen LogP contribution in [0.1, 0.15) is 31.2 Å². The predicted octanol–water partition coefficient (Wildman–Crippen LogP) is 1.44. The van der Waals surface area contributed by atoms with Crippen molar-refractivity contribution in [3.63, 3.8) is 0 Å². The fourth-order valence-corrected chi connectivity index (χ4v) is 4.77. The fourth-order valence-electron chi connectivity index (χ4n) is 4.77. The molecule has 0 spiro atoms. The second kappa shape index (κ2) is 6.15. The van der Waals surface area contributed by atoms with Crippen molar-refractivity contribution < 1.29 is 4.79 Å². The highest BCUT2D eigenvalue weighted by Crippen LogP contribution is 2.46. The molecule has 1 aromatic rings. The second-order valence-electron chi connectivity index (χ2n) is 7.45. The number of rotatable bonds is 3.